The van der Waals surface area contributed by atoms with E-state index in [1.165, 1.54) is 10.6 Å². The van der Waals surface area contributed by atoms with E-state index in [0.29, 0.717) is 19.8 Å². The van der Waals surface area contributed by atoms with Crippen LogP contribution in [0.4, 0.5) is 0 Å². The number of aromatic nitrogens is 1. The minimum absolute atomic E-state index is 0.0901. The summed E-state index contributed by atoms with van der Waals surface area (Å²) in [6.45, 7) is 1.46. The van der Waals surface area contributed by atoms with E-state index in [-0.39, 0.29) is 18.2 Å². The molecule has 21 heavy (non-hydrogen) atoms. The first kappa shape index (κ1) is 14.9. The van der Waals surface area contributed by atoms with E-state index in [0.717, 1.165) is 18.4 Å². The zero-order chi connectivity index (χ0) is 14.9. The molecule has 2 saturated heterocycles. The molecule has 0 radical (unpaired) electrons. The molecule has 2 fully saturated rings. The Morgan fingerprint density at radius 1 is 1.52 bits per heavy atom. The van der Waals surface area contributed by atoms with Crippen molar-refractivity contribution in [1.29, 1.82) is 0 Å². The van der Waals surface area contributed by atoms with E-state index >= 15 is 0 Å². The van der Waals surface area contributed by atoms with Crippen LogP contribution in [0.15, 0.2) is 24.5 Å². The zero-order valence-electron chi connectivity index (χ0n) is 12.0. The molecule has 0 saturated carbocycles. The molecule has 7 heteroatoms. The highest BCUT2D eigenvalue weighted by molar-refractivity contribution is 7.88. The Kier molecular flexibility index (Phi) is 4.26. The van der Waals surface area contributed by atoms with Gasteiger partial charge in [0.1, 0.15) is 6.10 Å². The molecule has 3 atom stereocenters. The number of hydrogen-bond acceptors (Lipinski definition) is 5. The highest BCUT2D eigenvalue weighted by Crippen LogP contribution is 2.32. The van der Waals surface area contributed by atoms with Crippen LogP contribution in [-0.2, 0) is 26.1 Å². The van der Waals surface area contributed by atoms with E-state index in [4.69, 9.17) is 9.47 Å². The maximum Gasteiger partial charge on any atom is 0.211 e. The number of fused-ring (bicyclic) bond motifs is 1. The molecule has 3 rings (SSSR count). The van der Waals surface area contributed by atoms with Crippen molar-refractivity contribution < 1.29 is 17.9 Å². The van der Waals surface area contributed by atoms with Crippen LogP contribution < -0.4 is 0 Å². The number of pyridine rings is 1. The molecule has 0 N–H and O–H groups in total. The first-order chi connectivity index (χ1) is 10.1. The molecule has 0 aliphatic carbocycles. The second-order valence-corrected chi connectivity index (χ2v) is 7.52. The lowest BCUT2D eigenvalue weighted by Gasteiger charge is -2.31. The van der Waals surface area contributed by atoms with Crippen molar-refractivity contribution in [2.75, 3.05) is 19.4 Å². The Morgan fingerprint density at radius 3 is 3.10 bits per heavy atom. The summed E-state index contributed by atoms with van der Waals surface area (Å²) in [6.07, 6.45) is 6.07. The van der Waals surface area contributed by atoms with Gasteiger partial charge < -0.3 is 9.47 Å². The average molecular weight is 312 g/mol. The summed E-state index contributed by atoms with van der Waals surface area (Å²) in [5, 5.41) is 0. The van der Waals surface area contributed by atoms with Gasteiger partial charge in [-0.1, -0.05) is 6.07 Å². The van der Waals surface area contributed by atoms with Gasteiger partial charge in [0, 0.05) is 25.5 Å². The number of sulfonamides is 1. The van der Waals surface area contributed by atoms with Gasteiger partial charge in [0.05, 0.1) is 25.0 Å². The molecule has 6 nitrogen and oxygen atoms in total. The number of hydrogen-bond donors (Lipinski definition) is 0. The summed E-state index contributed by atoms with van der Waals surface area (Å²) in [7, 11) is -3.23. The van der Waals surface area contributed by atoms with Crippen molar-refractivity contribution in [3.05, 3.63) is 30.1 Å². The van der Waals surface area contributed by atoms with E-state index < -0.39 is 10.0 Å². The molecule has 0 bridgehead atoms. The van der Waals surface area contributed by atoms with Gasteiger partial charge in [0.25, 0.3) is 0 Å². The van der Waals surface area contributed by atoms with Gasteiger partial charge in [0.15, 0.2) is 0 Å². The Hall–Kier alpha value is -1.02. The predicted octanol–water partition coefficient (Wildman–Crippen LogP) is 0.790. The second kappa shape index (κ2) is 6.00. The van der Waals surface area contributed by atoms with E-state index in [1.54, 1.807) is 12.4 Å². The number of nitrogens with zero attached hydrogens (tertiary/aromatic N) is 2. The SMILES string of the molecule is CS(=O)(=O)N1C[C@@H](OCc2cccnc2)[C@H]2OCCC[C@H]21. The summed E-state index contributed by atoms with van der Waals surface area (Å²) >= 11 is 0. The first-order valence-electron chi connectivity index (χ1n) is 7.14. The van der Waals surface area contributed by atoms with E-state index in [1.807, 2.05) is 12.1 Å². The highest BCUT2D eigenvalue weighted by atomic mass is 32.2. The maximum absolute atomic E-state index is 11.9. The molecule has 1 aromatic heterocycles. The smallest absolute Gasteiger partial charge is 0.211 e. The third-order valence-corrected chi connectivity index (χ3v) is 5.31. The lowest BCUT2D eigenvalue weighted by Crippen LogP contribution is -2.43. The summed E-state index contributed by atoms with van der Waals surface area (Å²) in [5.74, 6) is 0. The molecule has 2 aliphatic rings. The first-order valence-corrected chi connectivity index (χ1v) is 8.99. The van der Waals surface area contributed by atoms with Gasteiger partial charge in [0.2, 0.25) is 10.0 Å². The van der Waals surface area contributed by atoms with Crippen molar-refractivity contribution in [1.82, 2.24) is 9.29 Å². The Morgan fingerprint density at radius 2 is 2.38 bits per heavy atom. The summed E-state index contributed by atoms with van der Waals surface area (Å²) < 4.78 is 37.1. The molecule has 0 unspecified atom stereocenters. The average Bonchev–Trinajstić information content (AvgIpc) is 2.85. The van der Waals surface area contributed by atoms with Crippen molar-refractivity contribution in [2.24, 2.45) is 0 Å². The number of ether oxygens (including phenoxy) is 2. The minimum atomic E-state index is -3.23. The molecule has 0 spiro atoms. The summed E-state index contributed by atoms with van der Waals surface area (Å²) in [5.41, 5.74) is 0.975. The monoisotopic (exact) mass is 312 g/mol. The van der Waals surface area contributed by atoms with Gasteiger partial charge in [-0.15, -0.1) is 0 Å². The van der Waals surface area contributed by atoms with E-state index in [2.05, 4.69) is 4.98 Å². The maximum atomic E-state index is 11.9. The lowest BCUT2D eigenvalue weighted by atomic mass is 10.0. The fraction of sp³-hybridized carbons (Fsp3) is 0.643. The van der Waals surface area contributed by atoms with Crippen molar-refractivity contribution in [3.63, 3.8) is 0 Å². The van der Waals surface area contributed by atoms with Crippen molar-refractivity contribution in [3.8, 4) is 0 Å². The Bertz CT molecular complexity index is 578. The normalized spacial score (nSPS) is 30.2. The van der Waals surface area contributed by atoms with Gasteiger partial charge in [-0.05, 0) is 24.5 Å². The zero-order valence-corrected chi connectivity index (χ0v) is 12.8. The molecular formula is C14H20N2O4S. The van der Waals surface area contributed by atoms with Crippen LogP contribution in [-0.4, -0.2) is 55.4 Å². The molecular weight excluding hydrogens is 292 g/mol. The largest absolute Gasteiger partial charge is 0.374 e. The van der Waals surface area contributed by atoms with Crippen molar-refractivity contribution >= 4 is 10.0 Å². The van der Waals surface area contributed by atoms with Gasteiger partial charge in [-0.2, -0.15) is 4.31 Å². The standard InChI is InChI=1S/C14H20N2O4S/c1-21(17,18)16-9-13(14-12(16)5-3-7-19-14)20-10-11-4-2-6-15-8-11/h2,4,6,8,12-14H,3,5,7,9-10H2,1H3/t12-,13-,14+/m1/s1. The number of rotatable bonds is 4. The van der Waals surface area contributed by atoms with Crippen LogP contribution in [0.3, 0.4) is 0 Å². The van der Waals surface area contributed by atoms with Crippen LogP contribution in [0, 0.1) is 0 Å². The van der Waals surface area contributed by atoms with Crippen LogP contribution in [0.5, 0.6) is 0 Å². The summed E-state index contributed by atoms with van der Waals surface area (Å²) in [6, 6.07) is 3.71. The van der Waals surface area contributed by atoms with Gasteiger partial charge >= 0.3 is 0 Å². The summed E-state index contributed by atoms with van der Waals surface area (Å²) in [4.78, 5) is 4.05. The van der Waals surface area contributed by atoms with Crippen LogP contribution in [0.2, 0.25) is 0 Å². The fourth-order valence-corrected chi connectivity index (χ4v) is 4.22. The topological polar surface area (TPSA) is 68.7 Å². The molecule has 0 aromatic carbocycles. The molecule has 1 aromatic rings. The van der Waals surface area contributed by atoms with Gasteiger partial charge in [-0.25, -0.2) is 8.42 Å². The predicted molar refractivity (Wildman–Crippen MR) is 77.1 cm³/mol. The Labute approximate surface area is 125 Å². The second-order valence-electron chi connectivity index (χ2n) is 5.59. The third kappa shape index (κ3) is 3.26. The van der Waals surface area contributed by atoms with Crippen LogP contribution >= 0.6 is 0 Å². The minimum Gasteiger partial charge on any atom is -0.374 e. The highest BCUT2D eigenvalue weighted by Gasteiger charge is 2.48. The van der Waals surface area contributed by atoms with Gasteiger partial charge in [-0.3, -0.25) is 4.98 Å². The van der Waals surface area contributed by atoms with E-state index in [9.17, 15) is 8.42 Å². The molecule has 3 heterocycles. The van der Waals surface area contributed by atoms with Crippen LogP contribution in [0.1, 0.15) is 18.4 Å². The Balaban J connectivity index is 1.70. The molecule has 0 amide bonds. The van der Waals surface area contributed by atoms with Crippen LogP contribution in [0.25, 0.3) is 0 Å². The lowest BCUT2D eigenvalue weighted by molar-refractivity contribution is -0.0802. The third-order valence-electron chi connectivity index (χ3n) is 4.04. The fourth-order valence-electron chi connectivity index (χ4n) is 3.08. The molecule has 2 aliphatic heterocycles. The van der Waals surface area contributed by atoms with Crippen molar-refractivity contribution in [2.45, 2.75) is 37.7 Å². The quantitative estimate of drug-likeness (QED) is 0.822. The molecule has 116 valence electrons.